The van der Waals surface area contributed by atoms with Crippen LogP contribution in [0, 0.1) is 0 Å². The van der Waals surface area contributed by atoms with E-state index in [-0.39, 0.29) is 0 Å². The highest BCUT2D eigenvalue weighted by molar-refractivity contribution is 7.11. The monoisotopic (exact) mass is 257 g/mol. The van der Waals surface area contributed by atoms with Gasteiger partial charge in [0.05, 0.1) is 12.7 Å². The third kappa shape index (κ3) is 2.63. The molecule has 0 bridgehead atoms. The molecule has 0 spiro atoms. The van der Waals surface area contributed by atoms with Crippen LogP contribution in [-0.2, 0) is 0 Å². The second kappa shape index (κ2) is 4.70. The van der Waals surface area contributed by atoms with Gasteiger partial charge < -0.3 is 20.5 Å². The fourth-order valence-electron chi connectivity index (χ4n) is 2.14. The van der Waals surface area contributed by atoms with E-state index >= 15 is 0 Å². The van der Waals surface area contributed by atoms with Gasteiger partial charge in [0, 0.05) is 13.1 Å². The Labute approximate surface area is 105 Å². The largest absolute Gasteiger partial charge is 0.490 e. The molecule has 96 valence electrons. The zero-order valence-corrected chi connectivity index (χ0v) is 11.1. The summed E-state index contributed by atoms with van der Waals surface area (Å²) in [7, 11) is 1.61. The van der Waals surface area contributed by atoms with E-state index in [2.05, 4.69) is 9.27 Å². The van der Waals surface area contributed by atoms with Crippen LogP contribution in [0.1, 0.15) is 26.2 Å². The highest BCUT2D eigenvalue weighted by Gasteiger charge is 2.27. The maximum absolute atomic E-state index is 10.1. The van der Waals surface area contributed by atoms with Gasteiger partial charge in [-0.3, -0.25) is 0 Å². The minimum Gasteiger partial charge on any atom is -0.490 e. The molecule has 0 saturated carbocycles. The molecule has 0 aliphatic carbocycles. The van der Waals surface area contributed by atoms with Gasteiger partial charge in [0.1, 0.15) is 0 Å². The number of nitrogens with zero attached hydrogens (tertiary/aromatic N) is 2. The lowest BCUT2D eigenvalue weighted by Gasteiger charge is -2.23. The summed E-state index contributed by atoms with van der Waals surface area (Å²) in [6, 6.07) is 0. The number of hydrogen-bond acceptors (Lipinski definition) is 6. The van der Waals surface area contributed by atoms with Gasteiger partial charge in [-0.2, -0.15) is 4.37 Å². The number of nitrogen functional groups attached to an aromatic ring is 1. The molecule has 2 heterocycles. The minimum absolute atomic E-state index is 0.448. The number of aromatic nitrogens is 1. The fraction of sp³-hybridized carbons (Fsp3) is 0.727. The first kappa shape index (κ1) is 12.4. The first-order valence-corrected chi connectivity index (χ1v) is 6.57. The maximum atomic E-state index is 10.1. The molecule has 2 rings (SSSR count). The molecule has 1 aromatic heterocycles. The second-order valence-corrected chi connectivity index (χ2v) is 5.50. The van der Waals surface area contributed by atoms with Crippen LogP contribution in [-0.4, -0.2) is 35.3 Å². The first-order valence-electron chi connectivity index (χ1n) is 5.80. The number of methoxy groups -OCH3 is 1. The molecule has 5 nitrogen and oxygen atoms in total. The summed E-state index contributed by atoms with van der Waals surface area (Å²) in [4.78, 5) is 2.20. The maximum Gasteiger partial charge on any atom is 0.197 e. The molecule has 17 heavy (non-hydrogen) atoms. The molecule has 6 heteroatoms. The van der Waals surface area contributed by atoms with Crippen molar-refractivity contribution >= 4 is 22.4 Å². The number of anilines is 2. The normalized spacial score (nSPS) is 25.7. The van der Waals surface area contributed by atoms with Gasteiger partial charge in [0.25, 0.3) is 0 Å². The van der Waals surface area contributed by atoms with Crippen LogP contribution in [0.25, 0.3) is 0 Å². The van der Waals surface area contributed by atoms with E-state index in [4.69, 9.17) is 10.5 Å². The van der Waals surface area contributed by atoms with E-state index in [1.807, 2.05) is 6.92 Å². The van der Waals surface area contributed by atoms with E-state index in [1.54, 1.807) is 7.11 Å². The summed E-state index contributed by atoms with van der Waals surface area (Å²) in [5.41, 5.74) is 5.19. The quantitative estimate of drug-likeness (QED) is 0.839. The van der Waals surface area contributed by atoms with Crippen molar-refractivity contribution in [3.05, 3.63) is 0 Å². The molecule has 1 saturated heterocycles. The van der Waals surface area contributed by atoms with Crippen molar-refractivity contribution in [2.75, 3.05) is 30.8 Å². The number of hydrogen-bond donors (Lipinski definition) is 2. The number of rotatable bonds is 2. The Bertz CT molecular complexity index is 392. The lowest BCUT2D eigenvalue weighted by Crippen LogP contribution is -2.28. The Hall–Kier alpha value is -1.01. The van der Waals surface area contributed by atoms with Crippen molar-refractivity contribution in [1.29, 1.82) is 0 Å². The second-order valence-electron chi connectivity index (χ2n) is 4.74. The van der Waals surface area contributed by atoms with Gasteiger partial charge in [0.2, 0.25) is 0 Å². The molecule has 0 aromatic carbocycles. The lowest BCUT2D eigenvalue weighted by molar-refractivity contribution is 0.0481. The highest BCUT2D eigenvalue weighted by atomic mass is 32.1. The minimum atomic E-state index is -0.557. The van der Waals surface area contributed by atoms with Crippen LogP contribution in [0.3, 0.4) is 0 Å². The van der Waals surface area contributed by atoms with Gasteiger partial charge in [-0.15, -0.1) is 0 Å². The molecule has 1 atom stereocenters. The van der Waals surface area contributed by atoms with E-state index in [0.717, 1.165) is 37.4 Å². The topological polar surface area (TPSA) is 71.6 Å². The van der Waals surface area contributed by atoms with Crippen molar-refractivity contribution in [3.63, 3.8) is 0 Å². The summed E-state index contributed by atoms with van der Waals surface area (Å²) < 4.78 is 9.40. The molecule has 0 radical (unpaired) electrons. The van der Waals surface area contributed by atoms with Crippen LogP contribution >= 0.6 is 11.5 Å². The predicted molar refractivity (Wildman–Crippen MR) is 69.8 cm³/mol. The fourth-order valence-corrected chi connectivity index (χ4v) is 2.98. The average molecular weight is 257 g/mol. The van der Waals surface area contributed by atoms with Gasteiger partial charge in [0.15, 0.2) is 16.6 Å². The van der Waals surface area contributed by atoms with Crippen LogP contribution in [0.2, 0.25) is 0 Å². The van der Waals surface area contributed by atoms with Gasteiger partial charge in [-0.1, -0.05) is 0 Å². The Kier molecular flexibility index (Phi) is 3.44. The van der Waals surface area contributed by atoms with E-state index in [0.29, 0.717) is 11.6 Å². The van der Waals surface area contributed by atoms with E-state index < -0.39 is 5.60 Å². The van der Waals surface area contributed by atoms with Gasteiger partial charge in [-0.25, -0.2) is 0 Å². The Morgan fingerprint density at radius 3 is 2.94 bits per heavy atom. The third-order valence-electron chi connectivity index (χ3n) is 3.21. The predicted octanol–water partition coefficient (Wildman–Crippen LogP) is 1.48. The molecule has 1 fully saturated rings. The van der Waals surface area contributed by atoms with E-state index in [9.17, 15) is 5.11 Å². The smallest absolute Gasteiger partial charge is 0.197 e. The number of aliphatic hydroxyl groups is 1. The third-order valence-corrected chi connectivity index (χ3v) is 4.12. The Balaban J connectivity index is 2.17. The zero-order valence-electron chi connectivity index (χ0n) is 10.3. The molecule has 1 aliphatic rings. The molecular formula is C11H19N3O2S. The highest BCUT2D eigenvalue weighted by Crippen LogP contribution is 2.39. The SMILES string of the molecule is COc1c(N)nsc1N1CCCC(C)(O)CC1. The van der Waals surface area contributed by atoms with Gasteiger partial charge in [-0.05, 0) is 37.7 Å². The standard InChI is InChI=1S/C11H19N3O2S/c1-11(15)4-3-6-14(7-5-11)10-8(16-2)9(12)13-17-10/h15H,3-7H2,1-2H3,(H2,12,13). The number of nitrogens with two attached hydrogens (primary N) is 1. The van der Waals surface area contributed by atoms with Crippen LogP contribution in [0.4, 0.5) is 10.8 Å². The molecule has 1 aromatic rings. The summed E-state index contributed by atoms with van der Waals surface area (Å²) in [5, 5.41) is 11.0. The summed E-state index contributed by atoms with van der Waals surface area (Å²) in [5.74, 6) is 1.11. The molecular weight excluding hydrogens is 238 g/mol. The summed E-state index contributed by atoms with van der Waals surface area (Å²) in [6.07, 6.45) is 2.56. The number of ether oxygens (including phenoxy) is 1. The van der Waals surface area contributed by atoms with Crippen LogP contribution in [0.15, 0.2) is 0 Å². The first-order chi connectivity index (χ1) is 8.03. The molecule has 1 unspecified atom stereocenters. The molecule has 3 N–H and O–H groups in total. The van der Waals surface area contributed by atoms with Crippen LogP contribution < -0.4 is 15.4 Å². The van der Waals surface area contributed by atoms with Crippen molar-refractivity contribution in [3.8, 4) is 5.75 Å². The lowest BCUT2D eigenvalue weighted by atomic mass is 9.98. The van der Waals surface area contributed by atoms with Crippen molar-refractivity contribution < 1.29 is 9.84 Å². The Morgan fingerprint density at radius 2 is 2.24 bits per heavy atom. The average Bonchev–Trinajstić information content (AvgIpc) is 2.54. The Morgan fingerprint density at radius 1 is 1.47 bits per heavy atom. The molecule has 1 aliphatic heterocycles. The van der Waals surface area contributed by atoms with Crippen molar-refractivity contribution in [2.24, 2.45) is 0 Å². The molecule has 0 amide bonds. The van der Waals surface area contributed by atoms with Crippen molar-refractivity contribution in [1.82, 2.24) is 4.37 Å². The summed E-state index contributed by atoms with van der Waals surface area (Å²) >= 11 is 1.36. The van der Waals surface area contributed by atoms with Crippen LogP contribution in [0.5, 0.6) is 5.75 Å². The van der Waals surface area contributed by atoms with Crippen molar-refractivity contribution in [2.45, 2.75) is 31.8 Å². The summed E-state index contributed by atoms with van der Waals surface area (Å²) in [6.45, 7) is 3.62. The zero-order chi connectivity index (χ0) is 12.5. The van der Waals surface area contributed by atoms with E-state index in [1.165, 1.54) is 11.5 Å². The van der Waals surface area contributed by atoms with Gasteiger partial charge >= 0.3 is 0 Å².